The van der Waals surface area contributed by atoms with E-state index in [1.54, 1.807) is 0 Å². The maximum atomic E-state index is 5.81. The summed E-state index contributed by atoms with van der Waals surface area (Å²) in [6.45, 7) is 2.09. The van der Waals surface area contributed by atoms with Crippen molar-refractivity contribution in [1.82, 2.24) is 19.9 Å². The summed E-state index contributed by atoms with van der Waals surface area (Å²) in [6.07, 6.45) is 7.53. The molecule has 5 nitrogen and oxygen atoms in total. The number of thiocarbonyl (C=S) groups is 1. The van der Waals surface area contributed by atoms with Gasteiger partial charge >= 0.3 is 0 Å². The van der Waals surface area contributed by atoms with E-state index in [0.29, 0.717) is 5.11 Å². The van der Waals surface area contributed by atoms with Gasteiger partial charge in [-0.05, 0) is 67.7 Å². The largest absolute Gasteiger partial charge is 0.351 e. The van der Waals surface area contributed by atoms with Crippen molar-refractivity contribution < 1.29 is 0 Å². The summed E-state index contributed by atoms with van der Waals surface area (Å²) in [5.74, 6) is 0. The van der Waals surface area contributed by atoms with Crippen LogP contribution < -0.4 is 10.2 Å². The molecule has 0 radical (unpaired) electrons. The highest BCUT2D eigenvalue weighted by Gasteiger charge is 2.42. The lowest BCUT2D eigenvalue weighted by molar-refractivity contribution is 0.549. The Morgan fingerprint density at radius 1 is 0.867 bits per heavy atom. The molecule has 1 aromatic carbocycles. The lowest BCUT2D eigenvalue weighted by atomic mass is 10.0. The molecule has 0 bridgehead atoms. The first-order valence-electron chi connectivity index (χ1n) is 9.87. The molecule has 1 aliphatic rings. The first-order valence-corrected chi connectivity index (χ1v) is 10.3. The Kier molecular flexibility index (Phi) is 4.77. The Labute approximate surface area is 181 Å². The highest BCUT2D eigenvalue weighted by Crippen LogP contribution is 2.42. The zero-order chi connectivity index (χ0) is 20.5. The number of nitrogens with zero attached hydrogens (tertiary/aromatic N) is 4. The van der Waals surface area contributed by atoms with Gasteiger partial charge in [0.25, 0.3) is 0 Å². The summed E-state index contributed by atoms with van der Waals surface area (Å²) in [7, 11) is 0. The van der Waals surface area contributed by atoms with Crippen molar-refractivity contribution in [3.05, 3.63) is 108 Å². The molecule has 0 spiro atoms. The van der Waals surface area contributed by atoms with Gasteiger partial charge in [-0.1, -0.05) is 23.8 Å². The molecule has 3 aromatic heterocycles. The van der Waals surface area contributed by atoms with Crippen LogP contribution >= 0.6 is 12.2 Å². The Morgan fingerprint density at radius 3 is 2.40 bits per heavy atom. The molecule has 1 N–H and O–H groups in total. The van der Waals surface area contributed by atoms with Crippen LogP contribution in [0.3, 0.4) is 0 Å². The number of nitrogens with one attached hydrogen (secondary N) is 1. The van der Waals surface area contributed by atoms with E-state index in [1.165, 1.54) is 5.56 Å². The average Bonchev–Trinajstić information content (AvgIpc) is 3.40. The molecule has 0 amide bonds. The number of benzene rings is 1. The predicted molar refractivity (Wildman–Crippen MR) is 123 cm³/mol. The zero-order valence-corrected chi connectivity index (χ0v) is 17.3. The van der Waals surface area contributed by atoms with E-state index in [4.69, 9.17) is 12.2 Å². The molecule has 4 heterocycles. The SMILES string of the molecule is Cc1ccc(N2C(=S)N[C@H](c3ccccn3)[C@H]2c2cccn2-c2ccncc2)cc1. The van der Waals surface area contributed by atoms with Crippen molar-refractivity contribution in [2.45, 2.75) is 19.0 Å². The average molecular weight is 412 g/mol. The van der Waals surface area contributed by atoms with Gasteiger partial charge in [-0.3, -0.25) is 9.97 Å². The minimum atomic E-state index is -0.0736. The first kappa shape index (κ1) is 18.5. The van der Waals surface area contributed by atoms with Gasteiger partial charge in [0.1, 0.15) is 6.04 Å². The maximum Gasteiger partial charge on any atom is 0.174 e. The highest BCUT2D eigenvalue weighted by molar-refractivity contribution is 7.80. The van der Waals surface area contributed by atoms with E-state index in [1.807, 2.05) is 48.9 Å². The van der Waals surface area contributed by atoms with Gasteiger partial charge in [0.15, 0.2) is 5.11 Å². The van der Waals surface area contributed by atoms with Gasteiger partial charge in [0.2, 0.25) is 0 Å². The van der Waals surface area contributed by atoms with Gasteiger partial charge in [-0.15, -0.1) is 0 Å². The van der Waals surface area contributed by atoms with Crippen LogP contribution in [-0.4, -0.2) is 19.6 Å². The van der Waals surface area contributed by atoms with E-state index >= 15 is 0 Å². The third kappa shape index (κ3) is 3.25. The fraction of sp³-hybridized carbons (Fsp3) is 0.125. The maximum absolute atomic E-state index is 5.81. The number of aromatic nitrogens is 3. The van der Waals surface area contributed by atoms with Gasteiger partial charge in [-0.25, -0.2) is 0 Å². The summed E-state index contributed by atoms with van der Waals surface area (Å²) in [4.78, 5) is 11.0. The fourth-order valence-corrected chi connectivity index (χ4v) is 4.36. The van der Waals surface area contributed by atoms with Crippen molar-refractivity contribution in [1.29, 1.82) is 0 Å². The fourth-order valence-electron chi connectivity index (χ4n) is 4.01. The molecule has 0 saturated carbocycles. The van der Waals surface area contributed by atoms with Crippen LogP contribution in [0, 0.1) is 6.92 Å². The molecule has 1 fully saturated rings. The third-order valence-electron chi connectivity index (χ3n) is 5.43. The monoisotopic (exact) mass is 411 g/mol. The van der Waals surface area contributed by atoms with Crippen molar-refractivity contribution in [2.75, 3.05) is 4.90 Å². The van der Waals surface area contributed by atoms with Gasteiger partial charge < -0.3 is 14.8 Å². The number of hydrogen-bond acceptors (Lipinski definition) is 3. The topological polar surface area (TPSA) is 46.0 Å². The lowest BCUT2D eigenvalue weighted by Gasteiger charge is -2.29. The molecule has 6 heteroatoms. The minimum Gasteiger partial charge on any atom is -0.351 e. The smallest absolute Gasteiger partial charge is 0.174 e. The molecular formula is C24H21N5S. The molecule has 5 rings (SSSR count). The molecule has 30 heavy (non-hydrogen) atoms. The number of aryl methyl sites for hydroxylation is 1. The van der Waals surface area contributed by atoms with Crippen LogP contribution in [0.1, 0.15) is 29.0 Å². The molecular weight excluding hydrogens is 390 g/mol. The Morgan fingerprint density at radius 2 is 1.67 bits per heavy atom. The lowest BCUT2D eigenvalue weighted by Crippen LogP contribution is -2.30. The third-order valence-corrected chi connectivity index (χ3v) is 5.75. The van der Waals surface area contributed by atoms with Crippen LogP contribution in [0.2, 0.25) is 0 Å². The zero-order valence-electron chi connectivity index (χ0n) is 16.5. The molecule has 1 aliphatic heterocycles. The number of anilines is 1. The second kappa shape index (κ2) is 7.72. The normalized spacial score (nSPS) is 18.4. The van der Waals surface area contributed by atoms with Gasteiger partial charge in [-0.2, -0.15) is 0 Å². The highest BCUT2D eigenvalue weighted by atomic mass is 32.1. The molecule has 4 aromatic rings. The van der Waals surface area contributed by atoms with Crippen LogP contribution in [0.5, 0.6) is 0 Å². The van der Waals surface area contributed by atoms with Crippen LogP contribution in [0.15, 0.2) is 91.5 Å². The van der Waals surface area contributed by atoms with Crippen molar-refractivity contribution >= 4 is 23.0 Å². The van der Waals surface area contributed by atoms with E-state index in [0.717, 1.165) is 22.8 Å². The van der Waals surface area contributed by atoms with E-state index < -0.39 is 0 Å². The van der Waals surface area contributed by atoms with Crippen molar-refractivity contribution in [3.63, 3.8) is 0 Å². The molecule has 148 valence electrons. The van der Waals surface area contributed by atoms with Crippen LogP contribution in [-0.2, 0) is 0 Å². The number of rotatable bonds is 4. The quantitative estimate of drug-likeness (QED) is 0.491. The second-order valence-electron chi connectivity index (χ2n) is 7.34. The Hall–Kier alpha value is -3.51. The Bertz CT molecular complexity index is 1160. The summed E-state index contributed by atoms with van der Waals surface area (Å²) >= 11 is 5.81. The van der Waals surface area contributed by atoms with E-state index in [-0.39, 0.29) is 12.1 Å². The van der Waals surface area contributed by atoms with Crippen molar-refractivity contribution in [2.24, 2.45) is 0 Å². The van der Waals surface area contributed by atoms with Crippen LogP contribution in [0.25, 0.3) is 5.69 Å². The van der Waals surface area contributed by atoms with Crippen LogP contribution in [0.4, 0.5) is 5.69 Å². The molecule has 2 atom stereocenters. The molecule has 0 unspecified atom stereocenters. The number of hydrogen-bond donors (Lipinski definition) is 1. The summed E-state index contributed by atoms with van der Waals surface area (Å²) in [6, 6.07) is 22.6. The minimum absolute atomic E-state index is 0.0572. The Balaban J connectivity index is 1.67. The summed E-state index contributed by atoms with van der Waals surface area (Å²) in [5.41, 5.74) is 5.43. The van der Waals surface area contributed by atoms with E-state index in [2.05, 4.69) is 74.3 Å². The standard InChI is InChI=1S/C24H21N5S/c1-17-7-9-19(10-8-17)29-23(22(27-24(29)30)20-5-2-3-13-26-20)21-6-4-16-28(21)18-11-14-25-15-12-18/h2-16,22-23H,1H3,(H,27,30)/t22-,23-/m1/s1. The second-order valence-corrected chi connectivity index (χ2v) is 7.73. The number of pyridine rings is 2. The predicted octanol–water partition coefficient (Wildman–Crippen LogP) is 4.75. The van der Waals surface area contributed by atoms with E-state index in [9.17, 15) is 0 Å². The van der Waals surface area contributed by atoms with Gasteiger partial charge in [0, 0.05) is 41.9 Å². The summed E-state index contributed by atoms with van der Waals surface area (Å²) < 4.78 is 2.19. The molecule has 1 saturated heterocycles. The molecule has 0 aliphatic carbocycles. The first-order chi connectivity index (χ1) is 14.7. The summed E-state index contributed by atoms with van der Waals surface area (Å²) in [5, 5.41) is 4.22. The van der Waals surface area contributed by atoms with Gasteiger partial charge in [0.05, 0.1) is 11.7 Å². The van der Waals surface area contributed by atoms with Crippen molar-refractivity contribution in [3.8, 4) is 5.69 Å².